The molecule has 1 N–H and O–H groups in total. The molecule has 7 nitrogen and oxygen atoms in total. The van der Waals surface area contributed by atoms with E-state index in [-0.39, 0.29) is 11.8 Å². The molecule has 3 heterocycles. The van der Waals surface area contributed by atoms with Crippen LogP contribution < -0.4 is 15.0 Å². The number of carbonyl (C=O) groups is 1. The number of methoxy groups -OCH3 is 1. The Balaban J connectivity index is 1.23. The first-order valence-corrected chi connectivity index (χ1v) is 10.6. The van der Waals surface area contributed by atoms with Crippen molar-refractivity contribution in [3.05, 3.63) is 66.5 Å². The number of nitrogens with zero attached hydrogens (tertiary/aromatic N) is 4. The van der Waals surface area contributed by atoms with Gasteiger partial charge in [-0.15, -0.1) is 10.2 Å². The van der Waals surface area contributed by atoms with E-state index in [2.05, 4.69) is 25.4 Å². The number of amides is 1. The summed E-state index contributed by atoms with van der Waals surface area (Å²) < 4.78 is 5.17. The molecule has 1 aromatic carbocycles. The molecule has 3 aromatic rings. The predicted molar refractivity (Wildman–Crippen MR) is 120 cm³/mol. The van der Waals surface area contributed by atoms with E-state index in [0.717, 1.165) is 55.2 Å². The number of ether oxygens (including phenoxy) is 1. The minimum Gasteiger partial charge on any atom is -0.497 e. The molecule has 0 radical (unpaired) electrons. The van der Waals surface area contributed by atoms with E-state index >= 15 is 0 Å². The fourth-order valence-electron chi connectivity index (χ4n) is 3.80. The van der Waals surface area contributed by atoms with Crippen LogP contribution >= 0.6 is 0 Å². The number of aromatic nitrogens is 3. The highest BCUT2D eigenvalue weighted by atomic mass is 16.5. The van der Waals surface area contributed by atoms with Crippen molar-refractivity contribution in [1.29, 1.82) is 0 Å². The van der Waals surface area contributed by atoms with Crippen LogP contribution in [0.3, 0.4) is 0 Å². The molecule has 0 spiro atoms. The first-order valence-electron chi connectivity index (χ1n) is 10.6. The van der Waals surface area contributed by atoms with Gasteiger partial charge in [0.05, 0.1) is 12.8 Å². The van der Waals surface area contributed by atoms with Gasteiger partial charge < -0.3 is 15.0 Å². The third kappa shape index (κ3) is 5.36. The quantitative estimate of drug-likeness (QED) is 0.636. The van der Waals surface area contributed by atoms with Gasteiger partial charge >= 0.3 is 0 Å². The molecule has 1 amide bonds. The number of piperidine rings is 1. The van der Waals surface area contributed by atoms with Crippen molar-refractivity contribution in [2.45, 2.75) is 19.3 Å². The van der Waals surface area contributed by atoms with E-state index in [1.807, 2.05) is 48.5 Å². The van der Waals surface area contributed by atoms with Gasteiger partial charge in [-0.05, 0) is 61.2 Å². The largest absolute Gasteiger partial charge is 0.497 e. The fourth-order valence-corrected chi connectivity index (χ4v) is 3.80. The lowest BCUT2D eigenvalue weighted by atomic mass is 9.96. The van der Waals surface area contributed by atoms with E-state index in [1.54, 1.807) is 19.5 Å². The predicted octanol–water partition coefficient (Wildman–Crippen LogP) is 3.12. The number of anilines is 1. The lowest BCUT2D eigenvalue weighted by Gasteiger charge is -2.31. The van der Waals surface area contributed by atoms with Gasteiger partial charge in [0.2, 0.25) is 5.91 Å². The first kappa shape index (κ1) is 20.8. The van der Waals surface area contributed by atoms with Crippen molar-refractivity contribution in [3.63, 3.8) is 0 Å². The second kappa shape index (κ2) is 10.0. The maximum Gasteiger partial charge on any atom is 0.223 e. The van der Waals surface area contributed by atoms with Gasteiger partial charge in [-0.25, -0.2) is 0 Å². The van der Waals surface area contributed by atoms with Crippen LogP contribution in [0.15, 0.2) is 60.9 Å². The average Bonchev–Trinajstić information content (AvgIpc) is 2.85. The molecule has 0 atom stereocenters. The Morgan fingerprint density at radius 2 is 1.90 bits per heavy atom. The third-order valence-electron chi connectivity index (χ3n) is 5.67. The molecule has 0 aliphatic carbocycles. The number of carbonyl (C=O) groups excluding carboxylic acids is 1. The van der Waals surface area contributed by atoms with E-state index < -0.39 is 0 Å². The van der Waals surface area contributed by atoms with E-state index in [4.69, 9.17) is 4.74 Å². The monoisotopic (exact) mass is 417 g/mol. The van der Waals surface area contributed by atoms with Crippen LogP contribution in [0.2, 0.25) is 0 Å². The van der Waals surface area contributed by atoms with Gasteiger partial charge in [0, 0.05) is 43.5 Å². The molecular formula is C24H27N5O2. The smallest absolute Gasteiger partial charge is 0.223 e. The summed E-state index contributed by atoms with van der Waals surface area (Å²) in [6.07, 6.45) is 5.97. The highest BCUT2D eigenvalue weighted by Gasteiger charge is 2.25. The number of hydrogen-bond acceptors (Lipinski definition) is 6. The van der Waals surface area contributed by atoms with Crippen LogP contribution in [-0.4, -0.2) is 47.8 Å². The molecule has 0 bridgehead atoms. The standard InChI is InChI=1S/C24H27N5O2/c1-31-21-6-4-18(5-7-21)10-14-26-24(30)19-11-15-29(16-12-19)23-9-8-22(27-28-23)20-3-2-13-25-17-20/h2-9,13,17,19H,10-12,14-16H2,1H3,(H,26,30). The minimum atomic E-state index is 0.0507. The lowest BCUT2D eigenvalue weighted by molar-refractivity contribution is -0.125. The van der Waals surface area contributed by atoms with E-state index in [0.29, 0.717) is 6.54 Å². The first-order chi connectivity index (χ1) is 15.2. The lowest BCUT2D eigenvalue weighted by Crippen LogP contribution is -2.41. The van der Waals surface area contributed by atoms with Crippen molar-refractivity contribution in [2.24, 2.45) is 5.92 Å². The second-order valence-corrected chi connectivity index (χ2v) is 7.67. The van der Waals surface area contributed by atoms with Gasteiger partial charge in [-0.2, -0.15) is 0 Å². The maximum absolute atomic E-state index is 12.5. The highest BCUT2D eigenvalue weighted by molar-refractivity contribution is 5.79. The zero-order chi connectivity index (χ0) is 21.5. The van der Waals surface area contributed by atoms with Gasteiger partial charge in [0.25, 0.3) is 0 Å². The Morgan fingerprint density at radius 3 is 2.55 bits per heavy atom. The van der Waals surface area contributed by atoms with Gasteiger partial charge in [0.1, 0.15) is 5.75 Å². The van der Waals surface area contributed by atoms with Crippen molar-refractivity contribution < 1.29 is 9.53 Å². The Bertz CT molecular complexity index is 969. The molecule has 7 heteroatoms. The number of nitrogens with one attached hydrogen (secondary N) is 1. The normalized spacial score (nSPS) is 14.3. The van der Waals surface area contributed by atoms with Crippen molar-refractivity contribution in [1.82, 2.24) is 20.5 Å². The van der Waals surface area contributed by atoms with Gasteiger partial charge in [0.15, 0.2) is 5.82 Å². The molecule has 1 aliphatic heterocycles. The number of benzene rings is 1. The van der Waals surface area contributed by atoms with Crippen molar-refractivity contribution in [2.75, 3.05) is 31.6 Å². The van der Waals surface area contributed by atoms with Crippen molar-refractivity contribution in [3.8, 4) is 17.0 Å². The molecule has 2 aromatic heterocycles. The summed E-state index contributed by atoms with van der Waals surface area (Å²) in [4.78, 5) is 18.9. The molecule has 160 valence electrons. The maximum atomic E-state index is 12.5. The summed E-state index contributed by atoms with van der Waals surface area (Å²) in [7, 11) is 1.66. The Hall–Kier alpha value is -3.48. The Labute approximate surface area is 182 Å². The third-order valence-corrected chi connectivity index (χ3v) is 5.67. The van der Waals surface area contributed by atoms with Gasteiger partial charge in [-0.1, -0.05) is 12.1 Å². The van der Waals surface area contributed by atoms with Crippen LogP contribution in [0.5, 0.6) is 5.75 Å². The summed E-state index contributed by atoms with van der Waals surface area (Å²) in [6, 6.07) is 15.8. The number of pyridine rings is 1. The van der Waals surface area contributed by atoms with Crippen LogP contribution in [0.4, 0.5) is 5.82 Å². The van der Waals surface area contributed by atoms with Crippen LogP contribution in [0.25, 0.3) is 11.3 Å². The van der Waals surface area contributed by atoms with Gasteiger partial charge in [-0.3, -0.25) is 9.78 Å². The highest BCUT2D eigenvalue weighted by Crippen LogP contribution is 2.23. The molecule has 1 saturated heterocycles. The molecule has 4 rings (SSSR count). The number of rotatable bonds is 7. The van der Waals surface area contributed by atoms with Crippen LogP contribution in [0.1, 0.15) is 18.4 Å². The molecule has 31 heavy (non-hydrogen) atoms. The topological polar surface area (TPSA) is 80.2 Å². The average molecular weight is 418 g/mol. The molecule has 1 fully saturated rings. The molecular weight excluding hydrogens is 390 g/mol. The summed E-state index contributed by atoms with van der Waals surface area (Å²) in [5, 5.41) is 11.8. The SMILES string of the molecule is COc1ccc(CCNC(=O)C2CCN(c3ccc(-c4cccnc4)nn3)CC2)cc1. The Kier molecular flexibility index (Phi) is 6.72. The zero-order valence-corrected chi connectivity index (χ0v) is 17.7. The number of hydrogen-bond donors (Lipinski definition) is 1. The summed E-state index contributed by atoms with van der Waals surface area (Å²) in [5.41, 5.74) is 2.94. The summed E-state index contributed by atoms with van der Waals surface area (Å²) in [6.45, 7) is 2.25. The molecule has 1 aliphatic rings. The fraction of sp³-hybridized carbons (Fsp3) is 0.333. The van der Waals surface area contributed by atoms with E-state index in [1.165, 1.54) is 5.56 Å². The summed E-state index contributed by atoms with van der Waals surface area (Å²) >= 11 is 0. The van der Waals surface area contributed by atoms with E-state index in [9.17, 15) is 4.79 Å². The second-order valence-electron chi connectivity index (χ2n) is 7.67. The minimum absolute atomic E-state index is 0.0507. The zero-order valence-electron chi connectivity index (χ0n) is 17.7. The Morgan fingerprint density at radius 1 is 1.10 bits per heavy atom. The van der Waals surface area contributed by atoms with Crippen LogP contribution in [0, 0.1) is 5.92 Å². The molecule has 0 saturated carbocycles. The molecule has 0 unspecified atom stereocenters. The van der Waals surface area contributed by atoms with Crippen molar-refractivity contribution >= 4 is 11.7 Å². The van der Waals surface area contributed by atoms with Crippen LogP contribution in [-0.2, 0) is 11.2 Å². The summed E-state index contributed by atoms with van der Waals surface area (Å²) in [5.74, 6) is 1.89.